The number of hydrogen-bond donors (Lipinski definition) is 1. The highest BCUT2D eigenvalue weighted by atomic mass is 14.9. The molecular weight excluding hydrogens is 194 g/mol. The molecule has 1 N–H and O–H groups in total. The van der Waals surface area contributed by atoms with Gasteiger partial charge in [0, 0.05) is 6.54 Å². The van der Waals surface area contributed by atoms with Crippen LogP contribution in [0.2, 0.25) is 0 Å². The summed E-state index contributed by atoms with van der Waals surface area (Å²) in [6.07, 6.45) is 11.5. The summed E-state index contributed by atoms with van der Waals surface area (Å²) in [5, 5.41) is 3.51. The molecule has 1 heteroatoms. The Morgan fingerprint density at radius 1 is 1.06 bits per heavy atom. The largest absolute Gasteiger partial charge is 0.316 e. The van der Waals surface area contributed by atoms with Gasteiger partial charge in [0.2, 0.25) is 0 Å². The first kappa shape index (κ1) is 15.7. The van der Waals surface area contributed by atoms with Crippen molar-refractivity contribution in [1.29, 1.82) is 0 Å². The molecule has 16 heavy (non-hydrogen) atoms. The van der Waals surface area contributed by atoms with E-state index < -0.39 is 0 Å². The van der Waals surface area contributed by atoms with Crippen LogP contribution in [0.15, 0.2) is 12.7 Å². The summed E-state index contributed by atoms with van der Waals surface area (Å²) in [7, 11) is 0. The summed E-state index contributed by atoms with van der Waals surface area (Å²) in [4.78, 5) is 0. The van der Waals surface area contributed by atoms with Crippen LogP contribution < -0.4 is 5.32 Å². The molecule has 0 aromatic carbocycles. The summed E-state index contributed by atoms with van der Waals surface area (Å²) >= 11 is 0. The lowest BCUT2D eigenvalue weighted by molar-refractivity contribution is 0.348. The van der Waals surface area contributed by atoms with Crippen LogP contribution in [0.5, 0.6) is 0 Å². The molecule has 1 nitrogen and oxygen atoms in total. The van der Waals surface area contributed by atoms with Crippen molar-refractivity contribution in [3.63, 3.8) is 0 Å². The predicted molar refractivity (Wildman–Crippen MR) is 74.8 cm³/mol. The normalized spacial score (nSPS) is 14.7. The third kappa shape index (κ3) is 7.92. The molecule has 0 aromatic rings. The topological polar surface area (TPSA) is 12.0 Å². The first-order chi connectivity index (χ1) is 7.68. The smallest absolute Gasteiger partial charge is 0.00397 e. The second-order valence-corrected chi connectivity index (χ2v) is 5.20. The van der Waals surface area contributed by atoms with E-state index in [1.807, 2.05) is 0 Å². The maximum atomic E-state index is 3.99. The van der Waals surface area contributed by atoms with Crippen molar-refractivity contribution in [2.45, 2.75) is 65.7 Å². The van der Waals surface area contributed by atoms with E-state index in [0.29, 0.717) is 5.41 Å². The van der Waals surface area contributed by atoms with Gasteiger partial charge >= 0.3 is 0 Å². The number of unbranched alkanes of at least 4 members (excludes halogenated alkanes) is 4. The monoisotopic (exact) mass is 225 g/mol. The minimum atomic E-state index is 0.293. The zero-order valence-corrected chi connectivity index (χ0v) is 11.6. The first-order valence-corrected chi connectivity index (χ1v) is 7.03. The fourth-order valence-electron chi connectivity index (χ4n) is 1.95. The molecule has 0 spiro atoms. The van der Waals surface area contributed by atoms with Gasteiger partial charge < -0.3 is 5.32 Å². The first-order valence-electron chi connectivity index (χ1n) is 7.03. The van der Waals surface area contributed by atoms with Crippen LogP contribution in [0, 0.1) is 5.41 Å². The molecule has 0 aromatic heterocycles. The minimum absolute atomic E-state index is 0.293. The molecular formula is C15H31N. The summed E-state index contributed by atoms with van der Waals surface area (Å²) in [6.45, 7) is 13.0. The Hall–Kier alpha value is -0.300. The third-order valence-corrected chi connectivity index (χ3v) is 3.30. The molecule has 0 saturated heterocycles. The van der Waals surface area contributed by atoms with E-state index in [4.69, 9.17) is 0 Å². The van der Waals surface area contributed by atoms with Gasteiger partial charge in [-0.2, -0.15) is 0 Å². The van der Waals surface area contributed by atoms with Gasteiger partial charge in [-0.15, -0.1) is 6.58 Å². The van der Waals surface area contributed by atoms with Gasteiger partial charge in [-0.1, -0.05) is 59.0 Å². The maximum absolute atomic E-state index is 3.99. The van der Waals surface area contributed by atoms with Crippen LogP contribution in [0.25, 0.3) is 0 Å². The second kappa shape index (κ2) is 9.89. The molecule has 0 radical (unpaired) electrons. The molecule has 1 unspecified atom stereocenters. The number of rotatable bonds is 11. The second-order valence-electron chi connectivity index (χ2n) is 5.20. The zero-order valence-electron chi connectivity index (χ0n) is 11.6. The fourth-order valence-corrected chi connectivity index (χ4v) is 1.95. The van der Waals surface area contributed by atoms with E-state index in [9.17, 15) is 0 Å². The van der Waals surface area contributed by atoms with Gasteiger partial charge in [-0.25, -0.2) is 0 Å². The van der Waals surface area contributed by atoms with Gasteiger partial charge in [0.15, 0.2) is 0 Å². The molecule has 0 aliphatic heterocycles. The Bertz CT molecular complexity index is 165. The molecule has 1 atom stereocenters. The Labute approximate surface area is 103 Å². The van der Waals surface area contributed by atoms with Crippen molar-refractivity contribution >= 4 is 0 Å². The van der Waals surface area contributed by atoms with E-state index in [1.165, 1.54) is 44.9 Å². The van der Waals surface area contributed by atoms with Crippen molar-refractivity contribution in [2.24, 2.45) is 5.41 Å². The van der Waals surface area contributed by atoms with Gasteiger partial charge in [-0.05, 0) is 24.8 Å². The van der Waals surface area contributed by atoms with Crippen molar-refractivity contribution in [1.82, 2.24) is 5.32 Å². The lowest BCUT2D eigenvalue weighted by Crippen LogP contribution is -2.30. The van der Waals surface area contributed by atoms with Crippen molar-refractivity contribution in [2.75, 3.05) is 13.1 Å². The average molecular weight is 225 g/mol. The highest BCUT2D eigenvalue weighted by Gasteiger charge is 2.18. The number of hydrogen-bond acceptors (Lipinski definition) is 1. The van der Waals surface area contributed by atoms with Gasteiger partial charge in [0.05, 0.1) is 0 Å². The molecule has 0 saturated carbocycles. The molecule has 96 valence electrons. The predicted octanol–water partition coefficient (Wildman–Crippen LogP) is 4.54. The Kier molecular flexibility index (Phi) is 9.71. The van der Waals surface area contributed by atoms with Crippen molar-refractivity contribution < 1.29 is 0 Å². The van der Waals surface area contributed by atoms with E-state index in [2.05, 4.69) is 38.7 Å². The SMILES string of the molecule is C=CC(C)(CCCCCCC)CNCCC. The van der Waals surface area contributed by atoms with Gasteiger partial charge in [0.25, 0.3) is 0 Å². The molecule has 0 aliphatic carbocycles. The lowest BCUT2D eigenvalue weighted by atomic mass is 9.84. The minimum Gasteiger partial charge on any atom is -0.316 e. The molecule has 0 aliphatic rings. The molecule has 0 rings (SSSR count). The summed E-state index contributed by atoms with van der Waals surface area (Å²) in [5.41, 5.74) is 0.293. The highest BCUT2D eigenvalue weighted by molar-refractivity contribution is 4.92. The van der Waals surface area contributed by atoms with Crippen LogP contribution in [-0.2, 0) is 0 Å². The quantitative estimate of drug-likeness (QED) is 0.402. The van der Waals surface area contributed by atoms with E-state index in [-0.39, 0.29) is 0 Å². The molecule has 0 heterocycles. The van der Waals surface area contributed by atoms with Gasteiger partial charge in [-0.3, -0.25) is 0 Å². The van der Waals surface area contributed by atoms with Crippen LogP contribution in [0.1, 0.15) is 65.7 Å². The van der Waals surface area contributed by atoms with Crippen LogP contribution in [-0.4, -0.2) is 13.1 Å². The summed E-state index contributed by atoms with van der Waals surface area (Å²) < 4.78 is 0. The molecule has 0 fully saturated rings. The highest BCUT2D eigenvalue weighted by Crippen LogP contribution is 2.25. The third-order valence-electron chi connectivity index (χ3n) is 3.30. The zero-order chi connectivity index (χ0) is 12.3. The maximum Gasteiger partial charge on any atom is 0.00397 e. The Morgan fingerprint density at radius 2 is 1.75 bits per heavy atom. The van der Waals surface area contributed by atoms with Crippen molar-refractivity contribution in [3.05, 3.63) is 12.7 Å². The van der Waals surface area contributed by atoms with Crippen LogP contribution in [0.4, 0.5) is 0 Å². The Balaban J connectivity index is 3.65. The van der Waals surface area contributed by atoms with Gasteiger partial charge in [0.1, 0.15) is 0 Å². The lowest BCUT2D eigenvalue weighted by Gasteiger charge is -2.26. The van der Waals surface area contributed by atoms with Crippen LogP contribution in [0.3, 0.4) is 0 Å². The summed E-state index contributed by atoms with van der Waals surface area (Å²) in [5.74, 6) is 0. The van der Waals surface area contributed by atoms with Crippen LogP contribution >= 0.6 is 0 Å². The van der Waals surface area contributed by atoms with E-state index >= 15 is 0 Å². The average Bonchev–Trinajstić information content (AvgIpc) is 2.29. The molecule has 0 bridgehead atoms. The Morgan fingerprint density at radius 3 is 2.31 bits per heavy atom. The van der Waals surface area contributed by atoms with E-state index in [0.717, 1.165) is 13.1 Å². The van der Waals surface area contributed by atoms with Crippen molar-refractivity contribution in [3.8, 4) is 0 Å². The number of nitrogens with one attached hydrogen (secondary N) is 1. The van der Waals surface area contributed by atoms with E-state index in [1.54, 1.807) is 0 Å². The summed E-state index contributed by atoms with van der Waals surface area (Å²) in [6, 6.07) is 0. The fraction of sp³-hybridized carbons (Fsp3) is 0.867. The standard InChI is InChI=1S/C15H31N/c1-5-8-9-10-11-12-15(4,7-3)14-16-13-6-2/h7,16H,3,5-6,8-14H2,1-2,4H3. The molecule has 0 amide bonds.